The van der Waals surface area contributed by atoms with E-state index in [1.54, 1.807) is 25.4 Å². The number of urea groups is 1. The van der Waals surface area contributed by atoms with E-state index in [-0.39, 0.29) is 35.4 Å². The summed E-state index contributed by atoms with van der Waals surface area (Å²) in [5.74, 6) is -0.0138. The highest BCUT2D eigenvalue weighted by molar-refractivity contribution is 6.46. The van der Waals surface area contributed by atoms with Crippen LogP contribution in [-0.2, 0) is 16.6 Å². The van der Waals surface area contributed by atoms with Gasteiger partial charge < -0.3 is 15.0 Å². The number of methoxy groups -OCH3 is 1. The summed E-state index contributed by atoms with van der Waals surface area (Å²) in [6.45, 7) is 0.434. The van der Waals surface area contributed by atoms with Crippen LogP contribution in [0.25, 0.3) is 0 Å². The molecule has 0 atom stereocenters. The molecule has 190 valence electrons. The molecule has 0 bridgehead atoms. The monoisotopic (exact) mass is 499 g/mol. The van der Waals surface area contributed by atoms with Crippen LogP contribution in [0.1, 0.15) is 47.3 Å². The van der Waals surface area contributed by atoms with Gasteiger partial charge in [-0.2, -0.15) is 4.99 Å². The van der Waals surface area contributed by atoms with Crippen LogP contribution in [-0.4, -0.2) is 58.1 Å². The standard InChI is InChI=1S/C28H29N5O4/c1-37-24-10-6-5-9-22(24)25(34)30-17-28(19-7-3-2-4-8-19)13-11-21(12-14-28)33-26(35)23(32-27(33)36)15-20-16-29-18-31-20/h2-10,16,18,21H,11-15,17H2,1H3,(H,29,31)(H,30,34)/t21-,28-. The number of imidazole rings is 1. The van der Waals surface area contributed by atoms with Gasteiger partial charge in [0.1, 0.15) is 11.5 Å². The number of aliphatic imine (C=N–C) groups is 1. The number of rotatable bonds is 8. The van der Waals surface area contributed by atoms with Crippen molar-refractivity contribution in [2.24, 2.45) is 4.99 Å². The molecule has 9 nitrogen and oxygen atoms in total. The molecule has 0 spiro atoms. The Bertz CT molecular complexity index is 1310. The molecule has 0 saturated heterocycles. The second-order valence-electron chi connectivity index (χ2n) is 9.51. The molecule has 4 amide bonds. The van der Waals surface area contributed by atoms with Crippen molar-refractivity contribution in [3.05, 3.63) is 83.9 Å². The zero-order chi connectivity index (χ0) is 25.8. The van der Waals surface area contributed by atoms with E-state index in [1.807, 2.05) is 30.3 Å². The number of hydrogen-bond donors (Lipinski definition) is 2. The lowest BCUT2D eigenvalue weighted by Crippen LogP contribution is -2.49. The molecule has 3 aromatic rings. The predicted octanol–water partition coefficient (Wildman–Crippen LogP) is 3.67. The van der Waals surface area contributed by atoms with Gasteiger partial charge in [0, 0.05) is 30.6 Å². The van der Waals surface area contributed by atoms with E-state index in [0.717, 1.165) is 5.56 Å². The van der Waals surface area contributed by atoms with Crippen LogP contribution in [0.3, 0.4) is 0 Å². The minimum atomic E-state index is -0.503. The van der Waals surface area contributed by atoms with Gasteiger partial charge in [0.05, 0.1) is 24.7 Å². The lowest BCUT2D eigenvalue weighted by molar-refractivity contribution is -0.123. The maximum atomic E-state index is 13.1. The summed E-state index contributed by atoms with van der Waals surface area (Å²) in [6, 6.07) is 16.5. The van der Waals surface area contributed by atoms with E-state index in [1.165, 1.54) is 11.2 Å². The molecular formula is C28H29N5O4. The molecule has 5 rings (SSSR count). The molecule has 1 aliphatic heterocycles. The number of ether oxygens (including phenoxy) is 1. The number of nitrogens with one attached hydrogen (secondary N) is 2. The van der Waals surface area contributed by atoms with E-state index in [0.29, 0.717) is 49.2 Å². The van der Waals surface area contributed by atoms with Gasteiger partial charge in [-0.1, -0.05) is 42.5 Å². The van der Waals surface area contributed by atoms with Crippen LogP contribution in [0.2, 0.25) is 0 Å². The fraction of sp³-hybridized carbons (Fsp3) is 0.321. The van der Waals surface area contributed by atoms with E-state index in [2.05, 4.69) is 32.4 Å². The number of benzene rings is 2. The van der Waals surface area contributed by atoms with Crippen LogP contribution in [0.15, 0.2) is 72.1 Å². The Hall–Kier alpha value is -4.27. The van der Waals surface area contributed by atoms with Crippen LogP contribution in [0, 0.1) is 0 Å². The first kappa shape index (κ1) is 24.4. The third-order valence-electron chi connectivity index (χ3n) is 7.41. The lowest BCUT2D eigenvalue weighted by atomic mass is 9.67. The van der Waals surface area contributed by atoms with E-state index < -0.39 is 6.03 Å². The Morgan fingerprint density at radius 1 is 1.11 bits per heavy atom. The summed E-state index contributed by atoms with van der Waals surface area (Å²) < 4.78 is 5.35. The average Bonchev–Trinajstić information content (AvgIpc) is 3.55. The number of para-hydroxylation sites is 1. The maximum absolute atomic E-state index is 13.1. The topological polar surface area (TPSA) is 117 Å². The van der Waals surface area contributed by atoms with Crippen LogP contribution >= 0.6 is 0 Å². The molecule has 37 heavy (non-hydrogen) atoms. The van der Waals surface area contributed by atoms with Gasteiger partial charge in [0.25, 0.3) is 11.8 Å². The van der Waals surface area contributed by atoms with Crippen molar-refractivity contribution in [2.75, 3.05) is 13.7 Å². The molecule has 0 radical (unpaired) electrons. The number of H-pyrrole nitrogens is 1. The lowest BCUT2D eigenvalue weighted by Gasteiger charge is -2.42. The minimum Gasteiger partial charge on any atom is -0.496 e. The predicted molar refractivity (Wildman–Crippen MR) is 138 cm³/mol. The molecule has 1 aliphatic carbocycles. The van der Waals surface area contributed by atoms with Crippen molar-refractivity contribution in [3.8, 4) is 5.75 Å². The summed E-state index contributed by atoms with van der Waals surface area (Å²) in [5, 5.41) is 3.12. The number of imide groups is 1. The molecule has 2 aromatic carbocycles. The first-order chi connectivity index (χ1) is 18.0. The summed E-state index contributed by atoms with van der Waals surface area (Å²) in [7, 11) is 1.55. The molecular weight excluding hydrogens is 470 g/mol. The van der Waals surface area contributed by atoms with Crippen LogP contribution < -0.4 is 10.1 Å². The smallest absolute Gasteiger partial charge is 0.351 e. The molecule has 2 heterocycles. The summed E-state index contributed by atoms with van der Waals surface area (Å²) in [4.78, 5) is 51.2. The van der Waals surface area contributed by atoms with Gasteiger partial charge in [0.2, 0.25) is 0 Å². The first-order valence-electron chi connectivity index (χ1n) is 12.4. The quantitative estimate of drug-likeness (QED) is 0.491. The summed E-state index contributed by atoms with van der Waals surface area (Å²) in [6.07, 6.45) is 6.12. The number of carbonyl (C=O) groups excluding carboxylic acids is 3. The van der Waals surface area contributed by atoms with Gasteiger partial charge in [-0.15, -0.1) is 0 Å². The largest absolute Gasteiger partial charge is 0.496 e. The molecule has 1 saturated carbocycles. The molecule has 2 aliphatic rings. The number of nitrogens with zero attached hydrogens (tertiary/aromatic N) is 3. The highest BCUT2D eigenvalue weighted by atomic mass is 16.5. The van der Waals surface area contributed by atoms with Crippen molar-refractivity contribution in [3.63, 3.8) is 0 Å². The van der Waals surface area contributed by atoms with Gasteiger partial charge >= 0.3 is 6.03 Å². The molecule has 1 aromatic heterocycles. The average molecular weight is 500 g/mol. The number of hydrogen-bond acceptors (Lipinski definition) is 5. The van der Waals surface area contributed by atoms with Crippen molar-refractivity contribution in [1.29, 1.82) is 0 Å². The molecule has 9 heteroatoms. The Labute approximate surface area is 215 Å². The SMILES string of the molecule is COc1ccccc1C(=O)NC[C@]1(c2ccccc2)CC[C@H](N2C(=O)N=C(Cc3c[nH]cn3)C2=O)CC1. The normalized spacial score (nSPS) is 21.6. The van der Waals surface area contributed by atoms with Gasteiger partial charge in [-0.05, 0) is 43.4 Å². The Morgan fingerprint density at radius 3 is 2.54 bits per heavy atom. The van der Waals surface area contributed by atoms with Crippen molar-refractivity contribution < 1.29 is 19.1 Å². The van der Waals surface area contributed by atoms with Gasteiger partial charge in [-0.3, -0.25) is 14.5 Å². The third-order valence-corrected chi connectivity index (χ3v) is 7.41. The van der Waals surface area contributed by atoms with Crippen molar-refractivity contribution in [1.82, 2.24) is 20.2 Å². The van der Waals surface area contributed by atoms with Gasteiger partial charge in [0.15, 0.2) is 0 Å². The molecule has 0 unspecified atom stereocenters. The number of aromatic amines is 1. The second-order valence-corrected chi connectivity index (χ2v) is 9.51. The van der Waals surface area contributed by atoms with E-state index in [4.69, 9.17) is 4.74 Å². The zero-order valence-corrected chi connectivity index (χ0v) is 20.6. The van der Waals surface area contributed by atoms with Crippen LogP contribution in [0.5, 0.6) is 5.75 Å². The molecule has 1 fully saturated rings. The number of aromatic nitrogens is 2. The Balaban J connectivity index is 1.30. The zero-order valence-electron chi connectivity index (χ0n) is 20.6. The molecule has 2 N–H and O–H groups in total. The van der Waals surface area contributed by atoms with E-state index in [9.17, 15) is 14.4 Å². The second kappa shape index (κ2) is 10.4. The highest BCUT2D eigenvalue weighted by Crippen LogP contribution is 2.41. The van der Waals surface area contributed by atoms with E-state index >= 15 is 0 Å². The Kier molecular flexibility index (Phi) is 6.85. The fourth-order valence-corrected chi connectivity index (χ4v) is 5.39. The Morgan fingerprint density at radius 2 is 1.84 bits per heavy atom. The third kappa shape index (κ3) is 4.89. The number of amides is 4. The van der Waals surface area contributed by atoms with Gasteiger partial charge in [-0.25, -0.2) is 9.78 Å². The maximum Gasteiger partial charge on any atom is 0.351 e. The fourth-order valence-electron chi connectivity index (χ4n) is 5.39. The van der Waals surface area contributed by atoms with Crippen molar-refractivity contribution >= 4 is 23.6 Å². The van der Waals surface area contributed by atoms with Crippen LogP contribution in [0.4, 0.5) is 4.79 Å². The first-order valence-corrected chi connectivity index (χ1v) is 12.4. The number of carbonyl (C=O) groups is 3. The minimum absolute atomic E-state index is 0.198. The summed E-state index contributed by atoms with van der Waals surface area (Å²) in [5.41, 5.74) is 2.18. The highest BCUT2D eigenvalue weighted by Gasteiger charge is 2.44. The van der Waals surface area contributed by atoms with Crippen molar-refractivity contribution in [2.45, 2.75) is 43.6 Å². The summed E-state index contributed by atoms with van der Waals surface area (Å²) >= 11 is 0.